The molecule has 3 atom stereocenters. The first-order chi connectivity index (χ1) is 11.7. The summed E-state index contributed by atoms with van der Waals surface area (Å²) in [7, 11) is 0. The molecular weight excluding hydrogens is 320 g/mol. The van der Waals surface area contributed by atoms with Crippen LogP contribution in [0.4, 0.5) is 0 Å². The third kappa shape index (κ3) is 4.40. The fourth-order valence-electron chi connectivity index (χ4n) is 4.03. The Morgan fingerprint density at radius 2 is 2.16 bits per heavy atom. The molecule has 0 bridgehead atoms. The first-order valence-electron chi connectivity index (χ1n) is 8.92. The van der Waals surface area contributed by atoms with Crippen molar-refractivity contribution in [2.24, 2.45) is 11.3 Å². The fraction of sp³-hybridized carbons (Fsp3) is 0.650. The number of hydrogen-bond acceptors (Lipinski definition) is 5. The fourth-order valence-corrected chi connectivity index (χ4v) is 4.03. The second-order valence-electron chi connectivity index (χ2n) is 7.85. The molecule has 1 aliphatic heterocycles. The lowest BCUT2D eigenvalue weighted by Crippen LogP contribution is -2.33. The van der Waals surface area contributed by atoms with Crippen LogP contribution in [0.5, 0.6) is 0 Å². The molecule has 0 saturated carbocycles. The van der Waals surface area contributed by atoms with E-state index in [-0.39, 0.29) is 12.0 Å². The Labute approximate surface area is 149 Å². The smallest absolute Gasteiger partial charge is 0.337 e. The standard InChI is InChI=1S/C20H30O5/c1-12(9-15(22)10-13(2)11-21)5-6-14-7-8-16-17(20(14,3)4)19(24)25-18(16)23/h10,14-15,18,21-23H,1,5-9,11H2,2-4H3/t14-,15+,18-/m1/s1. The predicted octanol–water partition coefficient (Wildman–Crippen LogP) is 2.62. The lowest BCUT2D eigenvalue weighted by molar-refractivity contribution is -0.152. The van der Waals surface area contributed by atoms with Crippen molar-refractivity contribution in [1.29, 1.82) is 0 Å². The van der Waals surface area contributed by atoms with Gasteiger partial charge in [0.1, 0.15) is 0 Å². The zero-order chi connectivity index (χ0) is 18.8. The van der Waals surface area contributed by atoms with Gasteiger partial charge in [-0.1, -0.05) is 32.1 Å². The maximum atomic E-state index is 12.1. The molecule has 0 spiro atoms. The van der Waals surface area contributed by atoms with E-state index < -0.39 is 18.4 Å². The van der Waals surface area contributed by atoms with Crippen LogP contribution in [0.3, 0.4) is 0 Å². The lowest BCUT2D eigenvalue weighted by atomic mass is 9.64. The minimum absolute atomic E-state index is 0.0564. The molecule has 5 heteroatoms. The maximum absolute atomic E-state index is 12.1. The van der Waals surface area contributed by atoms with Crippen LogP contribution in [0.1, 0.15) is 52.9 Å². The van der Waals surface area contributed by atoms with E-state index in [1.54, 1.807) is 13.0 Å². The third-order valence-corrected chi connectivity index (χ3v) is 5.54. The largest absolute Gasteiger partial charge is 0.428 e. The van der Waals surface area contributed by atoms with Gasteiger partial charge in [-0.05, 0) is 55.9 Å². The Morgan fingerprint density at radius 3 is 2.80 bits per heavy atom. The van der Waals surface area contributed by atoms with E-state index in [1.807, 2.05) is 13.8 Å². The van der Waals surface area contributed by atoms with Gasteiger partial charge >= 0.3 is 5.97 Å². The van der Waals surface area contributed by atoms with Gasteiger partial charge in [0.25, 0.3) is 0 Å². The predicted molar refractivity (Wildman–Crippen MR) is 95.5 cm³/mol. The van der Waals surface area contributed by atoms with Crippen molar-refractivity contribution in [3.05, 3.63) is 34.9 Å². The zero-order valence-corrected chi connectivity index (χ0v) is 15.4. The summed E-state index contributed by atoms with van der Waals surface area (Å²) < 4.78 is 4.98. The molecule has 0 amide bonds. The normalized spacial score (nSPS) is 27.1. The highest BCUT2D eigenvalue weighted by atomic mass is 16.6. The molecule has 25 heavy (non-hydrogen) atoms. The van der Waals surface area contributed by atoms with Crippen molar-refractivity contribution in [3.8, 4) is 0 Å². The number of rotatable bonds is 7. The number of ether oxygens (including phenoxy) is 1. The Hall–Kier alpha value is -1.43. The Kier molecular flexibility index (Phi) is 6.25. The molecule has 0 aromatic carbocycles. The first-order valence-corrected chi connectivity index (χ1v) is 8.92. The summed E-state index contributed by atoms with van der Waals surface area (Å²) in [5.41, 5.74) is 2.74. The summed E-state index contributed by atoms with van der Waals surface area (Å²) in [5, 5.41) is 28.9. The third-order valence-electron chi connectivity index (χ3n) is 5.54. The molecule has 3 N–H and O–H groups in total. The summed E-state index contributed by atoms with van der Waals surface area (Å²) in [4.78, 5) is 12.1. The van der Waals surface area contributed by atoms with E-state index in [4.69, 9.17) is 9.84 Å². The van der Waals surface area contributed by atoms with Crippen molar-refractivity contribution in [2.75, 3.05) is 6.61 Å². The average molecular weight is 350 g/mol. The molecule has 140 valence electrons. The van der Waals surface area contributed by atoms with Crippen LogP contribution in [0.2, 0.25) is 0 Å². The van der Waals surface area contributed by atoms with Gasteiger partial charge in [0.15, 0.2) is 0 Å². The van der Waals surface area contributed by atoms with Crippen LogP contribution in [0.15, 0.2) is 34.9 Å². The van der Waals surface area contributed by atoms with E-state index in [2.05, 4.69) is 6.58 Å². The monoisotopic (exact) mass is 350 g/mol. The van der Waals surface area contributed by atoms with Gasteiger partial charge in [0.2, 0.25) is 6.29 Å². The Balaban J connectivity index is 1.95. The highest BCUT2D eigenvalue weighted by Crippen LogP contribution is 2.50. The summed E-state index contributed by atoms with van der Waals surface area (Å²) >= 11 is 0. The van der Waals surface area contributed by atoms with E-state index in [9.17, 15) is 15.0 Å². The highest BCUT2D eigenvalue weighted by Gasteiger charge is 2.47. The average Bonchev–Trinajstić information content (AvgIpc) is 2.81. The van der Waals surface area contributed by atoms with E-state index in [1.165, 1.54) is 0 Å². The summed E-state index contributed by atoms with van der Waals surface area (Å²) in [6.45, 7) is 9.85. The SMILES string of the molecule is C=C(CC[C@@H]1CCC2=C(C(=O)O[C@H]2O)C1(C)C)C[C@H](O)C=C(C)CO. The number of hydrogen-bond donors (Lipinski definition) is 3. The van der Waals surface area contributed by atoms with Crippen LogP contribution in [-0.2, 0) is 9.53 Å². The summed E-state index contributed by atoms with van der Waals surface area (Å²) in [6, 6.07) is 0. The number of esters is 1. The van der Waals surface area contributed by atoms with Gasteiger partial charge in [-0.3, -0.25) is 0 Å². The van der Waals surface area contributed by atoms with E-state index in [0.29, 0.717) is 24.3 Å². The van der Waals surface area contributed by atoms with Crippen LogP contribution in [-0.4, -0.2) is 40.3 Å². The Bertz CT molecular complexity index is 599. The molecule has 0 radical (unpaired) electrons. The molecule has 0 aromatic rings. The van der Waals surface area contributed by atoms with Gasteiger partial charge in [-0.25, -0.2) is 4.79 Å². The molecule has 0 saturated heterocycles. The van der Waals surface area contributed by atoms with Crippen molar-refractivity contribution in [1.82, 2.24) is 0 Å². The van der Waals surface area contributed by atoms with Crippen molar-refractivity contribution in [3.63, 3.8) is 0 Å². The lowest BCUT2D eigenvalue weighted by Gasteiger charge is -2.39. The van der Waals surface area contributed by atoms with Crippen molar-refractivity contribution >= 4 is 5.97 Å². The molecule has 5 nitrogen and oxygen atoms in total. The van der Waals surface area contributed by atoms with Gasteiger partial charge in [-0.15, -0.1) is 0 Å². The number of cyclic esters (lactones) is 1. The van der Waals surface area contributed by atoms with Crippen LogP contribution >= 0.6 is 0 Å². The molecule has 0 fully saturated rings. The van der Waals surface area contributed by atoms with Gasteiger partial charge in [0.05, 0.1) is 12.7 Å². The molecule has 1 heterocycles. The van der Waals surface area contributed by atoms with Crippen LogP contribution in [0.25, 0.3) is 0 Å². The van der Waals surface area contributed by atoms with Crippen molar-refractivity contribution < 1.29 is 24.9 Å². The van der Waals surface area contributed by atoms with Gasteiger partial charge < -0.3 is 20.1 Å². The molecule has 2 rings (SSSR count). The number of aliphatic hydroxyl groups is 3. The summed E-state index contributed by atoms with van der Waals surface area (Å²) in [6.07, 6.45) is 3.66. The Morgan fingerprint density at radius 1 is 1.48 bits per heavy atom. The second kappa shape index (κ2) is 7.85. The first kappa shape index (κ1) is 19.9. The van der Waals surface area contributed by atoms with E-state index >= 15 is 0 Å². The summed E-state index contributed by atoms with van der Waals surface area (Å²) in [5.74, 6) is -0.0937. The minimum atomic E-state index is -1.07. The molecule has 1 aliphatic carbocycles. The van der Waals surface area contributed by atoms with Gasteiger partial charge in [0, 0.05) is 11.1 Å². The zero-order valence-electron chi connectivity index (χ0n) is 15.4. The van der Waals surface area contributed by atoms with E-state index in [0.717, 1.165) is 36.0 Å². The number of aliphatic hydroxyl groups excluding tert-OH is 3. The quantitative estimate of drug-likeness (QED) is 0.485. The molecule has 0 aromatic heterocycles. The highest BCUT2D eigenvalue weighted by molar-refractivity contribution is 5.93. The topological polar surface area (TPSA) is 87.0 Å². The van der Waals surface area contributed by atoms with Crippen LogP contribution < -0.4 is 0 Å². The minimum Gasteiger partial charge on any atom is -0.428 e. The number of carbonyl (C=O) groups excluding carboxylic acids is 1. The molecule has 2 aliphatic rings. The van der Waals surface area contributed by atoms with Gasteiger partial charge in [-0.2, -0.15) is 0 Å². The van der Waals surface area contributed by atoms with Crippen molar-refractivity contribution in [2.45, 2.75) is 65.3 Å². The van der Waals surface area contributed by atoms with Crippen LogP contribution in [0, 0.1) is 11.3 Å². The molecule has 0 unspecified atom stereocenters. The number of carbonyl (C=O) groups is 1. The second-order valence-corrected chi connectivity index (χ2v) is 7.85. The maximum Gasteiger partial charge on any atom is 0.337 e. The molecular formula is C20H30O5.